The van der Waals surface area contributed by atoms with Crippen LogP contribution in [-0.2, 0) is 0 Å². The quantitative estimate of drug-likeness (QED) is 0.273. The first-order chi connectivity index (χ1) is 2.80. The lowest BCUT2D eigenvalue weighted by molar-refractivity contribution is 0.273. The molecule has 3 nitrogen and oxygen atoms in total. The average molecular weight is 108 g/mol. The number of alkyl halides is 1. The summed E-state index contributed by atoms with van der Waals surface area (Å²) in [4.78, 5) is 0. The maximum atomic E-state index is 5.40. The largest absolute Gasteiger partial charge is 0.313 e. The Morgan fingerprint density at radius 2 is 2.00 bits per heavy atom. The highest BCUT2D eigenvalue weighted by molar-refractivity contribution is 6.21. The zero-order valence-corrected chi connectivity index (χ0v) is 3.87. The van der Waals surface area contributed by atoms with Crippen molar-refractivity contribution < 1.29 is 0 Å². The van der Waals surface area contributed by atoms with Crippen molar-refractivity contribution in [3.05, 3.63) is 0 Å². The predicted octanol–water partition coefficient (Wildman–Crippen LogP) is -1.06. The van der Waals surface area contributed by atoms with Crippen molar-refractivity contribution in [2.45, 2.75) is 11.7 Å². The molecular formula is C2H6ClN3. The molecule has 6 heavy (non-hydrogen) atoms. The molecule has 4 N–H and O–H groups in total. The van der Waals surface area contributed by atoms with Gasteiger partial charge < -0.3 is 5.73 Å². The zero-order valence-electron chi connectivity index (χ0n) is 3.11. The molecule has 1 saturated heterocycles. The maximum absolute atomic E-state index is 5.40. The molecule has 1 aliphatic heterocycles. The van der Waals surface area contributed by atoms with Crippen molar-refractivity contribution in [3.8, 4) is 0 Å². The molecule has 0 aliphatic carbocycles. The van der Waals surface area contributed by atoms with Crippen molar-refractivity contribution in [2.24, 2.45) is 5.73 Å². The molecule has 1 rings (SSSR count). The summed E-state index contributed by atoms with van der Waals surface area (Å²) in [5.74, 6) is 0. The summed E-state index contributed by atoms with van der Waals surface area (Å²) in [5, 5.41) is 0. The van der Waals surface area contributed by atoms with Crippen LogP contribution in [-0.4, -0.2) is 11.7 Å². The van der Waals surface area contributed by atoms with Crippen molar-refractivity contribution >= 4 is 11.6 Å². The van der Waals surface area contributed by atoms with Crippen molar-refractivity contribution in [2.75, 3.05) is 0 Å². The van der Waals surface area contributed by atoms with Gasteiger partial charge in [0, 0.05) is 0 Å². The Kier molecular flexibility index (Phi) is 0.972. The summed E-state index contributed by atoms with van der Waals surface area (Å²) in [5.41, 5.74) is 10.4. The van der Waals surface area contributed by atoms with Gasteiger partial charge >= 0.3 is 0 Å². The van der Waals surface area contributed by atoms with E-state index in [0.29, 0.717) is 0 Å². The minimum atomic E-state index is -0.0787. The second-order valence-corrected chi connectivity index (χ2v) is 1.69. The fourth-order valence-corrected chi connectivity index (χ4v) is 0.369. The molecule has 1 unspecified atom stereocenters. The lowest BCUT2D eigenvalue weighted by Crippen LogP contribution is -2.68. The van der Waals surface area contributed by atoms with Gasteiger partial charge in [-0.1, -0.05) is 0 Å². The Hall–Kier alpha value is 0.170. The number of hydrogen-bond donors (Lipinski definition) is 3. The van der Waals surface area contributed by atoms with Gasteiger partial charge in [-0.25, -0.2) is 10.9 Å². The van der Waals surface area contributed by atoms with Crippen LogP contribution in [0.3, 0.4) is 0 Å². The van der Waals surface area contributed by atoms with Crippen LogP contribution in [0.5, 0.6) is 0 Å². The van der Waals surface area contributed by atoms with E-state index in [-0.39, 0.29) is 11.7 Å². The van der Waals surface area contributed by atoms with Gasteiger partial charge in [-0.3, -0.25) is 0 Å². The average Bonchev–Trinajstić information content (AvgIpc) is 1.61. The molecule has 1 aliphatic rings. The molecule has 0 spiro atoms. The predicted molar refractivity (Wildman–Crippen MR) is 23.9 cm³/mol. The van der Waals surface area contributed by atoms with Gasteiger partial charge in [0.25, 0.3) is 0 Å². The second kappa shape index (κ2) is 1.35. The highest BCUT2D eigenvalue weighted by atomic mass is 35.5. The standard InChI is InChI=1S/C2H6ClN3/c3-1-2(4)6-5-1/h1-2,5-6H,4H2/t1?,2-/m0/s1. The third-order valence-corrected chi connectivity index (χ3v) is 1.08. The minimum Gasteiger partial charge on any atom is -0.313 e. The molecule has 36 valence electrons. The van der Waals surface area contributed by atoms with E-state index in [4.69, 9.17) is 17.3 Å². The van der Waals surface area contributed by atoms with E-state index in [1.54, 1.807) is 0 Å². The van der Waals surface area contributed by atoms with Crippen LogP contribution in [0.2, 0.25) is 0 Å². The van der Waals surface area contributed by atoms with Crippen molar-refractivity contribution in [1.82, 2.24) is 10.9 Å². The molecule has 0 aromatic rings. The molecule has 0 aromatic heterocycles. The lowest BCUT2D eigenvalue weighted by atomic mass is 10.5. The summed E-state index contributed by atoms with van der Waals surface area (Å²) in [6.07, 6.45) is -0.0633. The van der Waals surface area contributed by atoms with E-state index in [0.717, 1.165) is 0 Å². The van der Waals surface area contributed by atoms with Crippen LogP contribution >= 0.6 is 11.6 Å². The molecule has 0 amide bonds. The van der Waals surface area contributed by atoms with Crippen LogP contribution in [0.4, 0.5) is 0 Å². The van der Waals surface area contributed by atoms with Gasteiger partial charge in [0.15, 0.2) is 0 Å². The molecule has 1 fully saturated rings. The molecule has 0 saturated carbocycles. The third-order valence-electron chi connectivity index (χ3n) is 0.703. The highest BCUT2D eigenvalue weighted by Gasteiger charge is 2.22. The normalized spacial score (nSPS) is 45.0. The molecule has 2 atom stereocenters. The van der Waals surface area contributed by atoms with E-state index in [1.165, 1.54) is 0 Å². The molecule has 0 bridgehead atoms. The summed E-state index contributed by atoms with van der Waals surface area (Å²) in [6, 6.07) is 0. The van der Waals surface area contributed by atoms with E-state index >= 15 is 0 Å². The first-order valence-electron chi connectivity index (χ1n) is 1.71. The number of hydrazine groups is 1. The van der Waals surface area contributed by atoms with Crippen molar-refractivity contribution in [1.29, 1.82) is 0 Å². The summed E-state index contributed by atoms with van der Waals surface area (Å²) >= 11 is 5.40. The van der Waals surface area contributed by atoms with Crippen LogP contribution in [0.15, 0.2) is 0 Å². The maximum Gasteiger partial charge on any atom is 0.125 e. The molecule has 4 heteroatoms. The Bertz CT molecular complexity index is 48.8. The Morgan fingerprint density at radius 1 is 1.50 bits per heavy atom. The number of hydrogen-bond acceptors (Lipinski definition) is 3. The molecule has 0 radical (unpaired) electrons. The van der Waals surface area contributed by atoms with Gasteiger partial charge in [-0.15, -0.1) is 11.6 Å². The lowest BCUT2D eigenvalue weighted by Gasteiger charge is -2.30. The zero-order chi connectivity index (χ0) is 4.57. The number of halogens is 1. The summed E-state index contributed by atoms with van der Waals surface area (Å²) in [7, 11) is 0. The van der Waals surface area contributed by atoms with Crippen LogP contribution in [0, 0.1) is 0 Å². The Labute approximate surface area is 40.8 Å². The first kappa shape index (κ1) is 4.33. The van der Waals surface area contributed by atoms with E-state index in [1.807, 2.05) is 0 Å². The fraction of sp³-hybridized carbons (Fsp3) is 1.00. The van der Waals surface area contributed by atoms with Crippen LogP contribution in [0.1, 0.15) is 0 Å². The van der Waals surface area contributed by atoms with Crippen molar-refractivity contribution in [3.63, 3.8) is 0 Å². The van der Waals surface area contributed by atoms with E-state index < -0.39 is 0 Å². The monoisotopic (exact) mass is 107 g/mol. The van der Waals surface area contributed by atoms with Crippen LogP contribution in [0.25, 0.3) is 0 Å². The molecular weight excluding hydrogens is 101 g/mol. The first-order valence-corrected chi connectivity index (χ1v) is 2.15. The van der Waals surface area contributed by atoms with Gasteiger partial charge in [0.2, 0.25) is 0 Å². The Balaban J connectivity index is 2.20. The van der Waals surface area contributed by atoms with Gasteiger partial charge in [0.05, 0.1) is 6.17 Å². The summed E-state index contributed by atoms with van der Waals surface area (Å²) in [6.45, 7) is 0. The number of rotatable bonds is 0. The Morgan fingerprint density at radius 3 is 2.00 bits per heavy atom. The number of nitrogens with two attached hydrogens (primary N) is 1. The van der Waals surface area contributed by atoms with Gasteiger partial charge in [-0.05, 0) is 0 Å². The van der Waals surface area contributed by atoms with Crippen LogP contribution < -0.4 is 16.6 Å². The molecule has 1 heterocycles. The fourth-order valence-electron chi connectivity index (χ4n) is 0.243. The second-order valence-electron chi connectivity index (χ2n) is 1.22. The third kappa shape index (κ3) is 0.498. The smallest absolute Gasteiger partial charge is 0.125 e. The van der Waals surface area contributed by atoms with Gasteiger partial charge in [-0.2, -0.15) is 0 Å². The van der Waals surface area contributed by atoms with E-state index in [9.17, 15) is 0 Å². The molecule has 0 aromatic carbocycles. The highest BCUT2D eigenvalue weighted by Crippen LogP contribution is 1.97. The SMILES string of the molecule is N[C@H]1NNC1Cl. The topological polar surface area (TPSA) is 50.1 Å². The van der Waals surface area contributed by atoms with Gasteiger partial charge in [0.1, 0.15) is 5.50 Å². The minimum absolute atomic E-state index is 0.0633. The summed E-state index contributed by atoms with van der Waals surface area (Å²) < 4.78 is 0. The van der Waals surface area contributed by atoms with E-state index in [2.05, 4.69) is 10.9 Å². The number of nitrogens with one attached hydrogen (secondary N) is 2.